The number of halogens is 2. The second-order valence-electron chi connectivity index (χ2n) is 8.33. The van der Waals surface area contributed by atoms with Gasteiger partial charge >= 0.3 is 0 Å². The third-order valence-corrected chi connectivity index (χ3v) is 7.24. The Kier molecular flexibility index (Phi) is 5.75. The van der Waals surface area contributed by atoms with Gasteiger partial charge in [0.05, 0.1) is 16.2 Å². The monoisotopic (exact) mass is 476 g/mol. The number of carbonyl (C=O) groups is 1. The Labute approximate surface area is 190 Å². The normalized spacial score (nSPS) is 17.3. The first-order valence-electron chi connectivity index (χ1n) is 10.0. The second-order valence-corrected chi connectivity index (χ2v) is 10.5. The van der Waals surface area contributed by atoms with Crippen LogP contribution in [0.15, 0.2) is 59.5 Å². The smallest absolute Gasteiger partial charge is 0.245 e. The Bertz CT molecular complexity index is 1320. The molecule has 1 amide bonds. The minimum atomic E-state index is -3.98. The highest BCUT2D eigenvalue weighted by atomic mass is 35.5. The van der Waals surface area contributed by atoms with Crippen molar-refractivity contribution in [2.24, 2.45) is 0 Å². The second kappa shape index (κ2) is 8.12. The molecule has 1 saturated heterocycles. The molecule has 6 nitrogen and oxygen atoms in total. The number of fused-ring (bicyclic) bond motifs is 1. The number of nitrogens with zero attached hydrogens (tertiary/aromatic N) is 1. The molecule has 1 fully saturated rings. The van der Waals surface area contributed by atoms with E-state index in [1.807, 2.05) is 0 Å². The van der Waals surface area contributed by atoms with Gasteiger partial charge in [0.2, 0.25) is 15.9 Å². The number of carbonyl (C=O) groups excluding carboxylic acids is 1. The number of nitrogens with one attached hydrogen (secondary N) is 1. The maximum Gasteiger partial charge on any atom is 0.245 e. The van der Waals surface area contributed by atoms with Crippen molar-refractivity contribution in [1.82, 2.24) is 4.72 Å². The maximum absolute atomic E-state index is 14.7. The number of amides is 1. The average Bonchev–Trinajstić information content (AvgIpc) is 3.06. The van der Waals surface area contributed by atoms with Crippen molar-refractivity contribution >= 4 is 44.0 Å². The van der Waals surface area contributed by atoms with E-state index in [1.54, 1.807) is 30.3 Å². The fraction of sp³-hybridized carbons (Fsp3) is 0.261. The van der Waals surface area contributed by atoms with Crippen LogP contribution < -0.4 is 9.62 Å². The van der Waals surface area contributed by atoms with E-state index in [0.717, 1.165) is 5.39 Å². The average molecular weight is 477 g/mol. The predicted octanol–water partition coefficient (Wildman–Crippen LogP) is 3.94. The topological polar surface area (TPSA) is 86.7 Å². The van der Waals surface area contributed by atoms with Crippen molar-refractivity contribution in [3.05, 3.63) is 71.0 Å². The number of rotatable bonds is 5. The van der Waals surface area contributed by atoms with Gasteiger partial charge in [-0.1, -0.05) is 29.8 Å². The number of anilines is 1. The summed E-state index contributed by atoms with van der Waals surface area (Å²) in [5, 5.41) is 12.1. The fourth-order valence-corrected chi connectivity index (χ4v) is 5.19. The number of hydrogen-bond acceptors (Lipinski definition) is 4. The standard InChI is InChI=1S/C23H22ClFN2O4S/c1-23(2,29)16-5-8-21(19(25)13-16)27-10-9-20(22(27)28)26-32(30,31)18-7-4-14-11-17(24)6-3-15(14)12-18/h3-8,11-13,20,26,29H,9-10H2,1-2H3. The van der Waals surface area contributed by atoms with Crippen LogP contribution in [-0.4, -0.2) is 32.0 Å². The van der Waals surface area contributed by atoms with Crippen molar-refractivity contribution in [2.75, 3.05) is 11.4 Å². The number of sulfonamides is 1. The molecule has 0 aromatic heterocycles. The molecule has 0 spiro atoms. The molecule has 32 heavy (non-hydrogen) atoms. The maximum atomic E-state index is 14.7. The molecule has 4 rings (SSSR count). The van der Waals surface area contributed by atoms with Gasteiger partial charge in [-0.2, -0.15) is 4.72 Å². The molecule has 1 unspecified atom stereocenters. The Morgan fingerprint density at radius 1 is 1.09 bits per heavy atom. The molecule has 1 heterocycles. The highest BCUT2D eigenvalue weighted by Gasteiger charge is 2.37. The summed E-state index contributed by atoms with van der Waals surface area (Å²) < 4.78 is 42.9. The van der Waals surface area contributed by atoms with Gasteiger partial charge in [0, 0.05) is 11.6 Å². The van der Waals surface area contributed by atoms with Crippen molar-refractivity contribution in [3.63, 3.8) is 0 Å². The van der Waals surface area contributed by atoms with Crippen molar-refractivity contribution < 1.29 is 22.7 Å². The quantitative estimate of drug-likeness (QED) is 0.584. The van der Waals surface area contributed by atoms with Crippen LogP contribution in [0.3, 0.4) is 0 Å². The third kappa shape index (κ3) is 4.36. The van der Waals surface area contributed by atoms with E-state index in [-0.39, 0.29) is 23.5 Å². The van der Waals surface area contributed by atoms with Gasteiger partial charge in [-0.25, -0.2) is 12.8 Å². The van der Waals surface area contributed by atoms with E-state index in [2.05, 4.69) is 4.72 Å². The molecular weight excluding hydrogens is 455 g/mol. The number of aliphatic hydroxyl groups is 1. The molecule has 2 N–H and O–H groups in total. The number of benzene rings is 3. The van der Waals surface area contributed by atoms with E-state index >= 15 is 0 Å². The van der Waals surface area contributed by atoms with Crippen LogP contribution in [0.25, 0.3) is 10.8 Å². The molecule has 1 atom stereocenters. The first-order valence-corrected chi connectivity index (χ1v) is 11.9. The van der Waals surface area contributed by atoms with Crippen LogP contribution in [0.4, 0.5) is 10.1 Å². The van der Waals surface area contributed by atoms with E-state index < -0.39 is 33.4 Å². The zero-order valence-corrected chi connectivity index (χ0v) is 19.0. The molecule has 0 saturated carbocycles. The van der Waals surface area contributed by atoms with Gasteiger partial charge in [-0.3, -0.25) is 4.79 Å². The van der Waals surface area contributed by atoms with Gasteiger partial charge in [-0.05, 0) is 73.0 Å². The zero-order chi connectivity index (χ0) is 23.3. The van der Waals surface area contributed by atoms with Crippen LogP contribution >= 0.6 is 11.6 Å². The van der Waals surface area contributed by atoms with Gasteiger partial charge < -0.3 is 10.0 Å². The lowest BCUT2D eigenvalue weighted by Crippen LogP contribution is -2.41. The van der Waals surface area contributed by atoms with E-state index in [0.29, 0.717) is 16.0 Å². The minimum Gasteiger partial charge on any atom is -0.386 e. The summed E-state index contributed by atoms with van der Waals surface area (Å²) in [6, 6.07) is 12.9. The Balaban J connectivity index is 1.55. The lowest BCUT2D eigenvalue weighted by Gasteiger charge is -2.22. The summed E-state index contributed by atoms with van der Waals surface area (Å²) in [5.41, 5.74) is -0.801. The fourth-order valence-electron chi connectivity index (χ4n) is 3.75. The van der Waals surface area contributed by atoms with Crippen LogP contribution in [-0.2, 0) is 20.4 Å². The molecule has 168 valence electrons. The summed E-state index contributed by atoms with van der Waals surface area (Å²) in [5.74, 6) is -1.19. The summed E-state index contributed by atoms with van der Waals surface area (Å²) in [4.78, 5) is 14.1. The molecule has 3 aromatic rings. The van der Waals surface area contributed by atoms with Gasteiger partial charge in [-0.15, -0.1) is 0 Å². The minimum absolute atomic E-state index is 0.0271. The lowest BCUT2D eigenvalue weighted by atomic mass is 9.98. The highest BCUT2D eigenvalue weighted by molar-refractivity contribution is 7.89. The van der Waals surface area contributed by atoms with Crippen molar-refractivity contribution in [3.8, 4) is 0 Å². The first-order chi connectivity index (χ1) is 15.0. The molecule has 9 heteroatoms. The highest BCUT2D eigenvalue weighted by Crippen LogP contribution is 2.30. The predicted molar refractivity (Wildman–Crippen MR) is 122 cm³/mol. The summed E-state index contributed by atoms with van der Waals surface area (Å²) in [7, 11) is -3.98. The van der Waals surface area contributed by atoms with Crippen LogP contribution in [0, 0.1) is 5.82 Å². The molecule has 0 bridgehead atoms. The zero-order valence-electron chi connectivity index (χ0n) is 17.5. The van der Waals surface area contributed by atoms with Gasteiger partial charge in [0.1, 0.15) is 11.9 Å². The molecule has 0 radical (unpaired) electrons. The summed E-state index contributed by atoms with van der Waals surface area (Å²) in [6.45, 7) is 3.24. The van der Waals surface area contributed by atoms with Crippen molar-refractivity contribution in [1.29, 1.82) is 0 Å². The summed E-state index contributed by atoms with van der Waals surface area (Å²) >= 11 is 5.97. The molecular formula is C23H22ClFN2O4S. The van der Waals surface area contributed by atoms with Crippen molar-refractivity contribution in [2.45, 2.75) is 36.8 Å². The Morgan fingerprint density at radius 3 is 2.47 bits per heavy atom. The SMILES string of the molecule is CC(C)(O)c1ccc(N2CCC(NS(=O)(=O)c3ccc4cc(Cl)ccc4c3)C2=O)c(F)c1. The Morgan fingerprint density at radius 2 is 1.78 bits per heavy atom. The van der Waals surface area contributed by atoms with Crippen LogP contribution in [0.1, 0.15) is 25.8 Å². The van der Waals surface area contributed by atoms with E-state index in [1.165, 1.54) is 43.0 Å². The summed E-state index contributed by atoms with van der Waals surface area (Å²) in [6.07, 6.45) is 0.202. The third-order valence-electron chi connectivity index (χ3n) is 5.53. The van der Waals surface area contributed by atoms with Crippen LogP contribution in [0.2, 0.25) is 5.02 Å². The molecule has 1 aliphatic rings. The van der Waals surface area contributed by atoms with E-state index in [9.17, 15) is 22.7 Å². The van der Waals surface area contributed by atoms with Gasteiger partial charge in [0.15, 0.2) is 0 Å². The molecule has 1 aliphatic heterocycles. The molecule has 0 aliphatic carbocycles. The largest absolute Gasteiger partial charge is 0.386 e. The van der Waals surface area contributed by atoms with E-state index in [4.69, 9.17) is 11.6 Å². The van der Waals surface area contributed by atoms with Gasteiger partial charge in [0.25, 0.3) is 0 Å². The molecule has 3 aromatic carbocycles. The Hall–Kier alpha value is -2.52. The number of hydrogen-bond donors (Lipinski definition) is 2. The lowest BCUT2D eigenvalue weighted by molar-refractivity contribution is -0.118. The van der Waals surface area contributed by atoms with Crippen LogP contribution in [0.5, 0.6) is 0 Å². The first kappa shape index (κ1) is 22.7.